The number of nitrogens with zero attached hydrogens (tertiary/aromatic N) is 3. The monoisotopic (exact) mass is 552 g/mol. The Labute approximate surface area is 233 Å². The SMILES string of the molecule is COc1ccc(C2=NN(Cc3ccc(NC(=O)CN4CCC(O)CC4)cc3)C(=O)SC2)cc1OC1CCCC1. The fraction of sp³-hybridized carbons (Fsp3) is 0.483. The van der Waals surface area contributed by atoms with E-state index in [-0.39, 0.29) is 23.4 Å². The van der Waals surface area contributed by atoms with Gasteiger partial charge in [-0.1, -0.05) is 23.9 Å². The molecule has 5 rings (SSSR count). The van der Waals surface area contributed by atoms with Crippen LogP contribution in [0.5, 0.6) is 11.5 Å². The smallest absolute Gasteiger partial charge is 0.302 e. The molecule has 0 radical (unpaired) electrons. The van der Waals surface area contributed by atoms with Crippen molar-refractivity contribution in [2.24, 2.45) is 5.10 Å². The average molecular weight is 553 g/mol. The van der Waals surface area contributed by atoms with Gasteiger partial charge in [-0.05, 0) is 74.4 Å². The Bertz CT molecular complexity index is 1190. The minimum atomic E-state index is -0.258. The molecule has 3 aliphatic rings. The molecule has 0 atom stereocenters. The van der Waals surface area contributed by atoms with E-state index < -0.39 is 0 Å². The summed E-state index contributed by atoms with van der Waals surface area (Å²) >= 11 is 1.23. The number of carbonyl (C=O) groups is 2. The molecular formula is C29H36N4O5S. The number of aliphatic hydroxyl groups excluding tert-OH is 1. The van der Waals surface area contributed by atoms with E-state index in [0.717, 1.165) is 42.8 Å². The highest BCUT2D eigenvalue weighted by Gasteiger charge is 2.25. The van der Waals surface area contributed by atoms with Gasteiger partial charge in [-0.2, -0.15) is 5.10 Å². The highest BCUT2D eigenvalue weighted by molar-refractivity contribution is 8.14. The second kappa shape index (κ2) is 12.8. The van der Waals surface area contributed by atoms with E-state index in [1.807, 2.05) is 42.5 Å². The molecule has 9 nitrogen and oxygen atoms in total. The Kier molecular flexibility index (Phi) is 9.06. The van der Waals surface area contributed by atoms with Crippen LogP contribution >= 0.6 is 11.8 Å². The highest BCUT2D eigenvalue weighted by Crippen LogP contribution is 2.33. The first-order valence-corrected chi connectivity index (χ1v) is 14.6. The summed E-state index contributed by atoms with van der Waals surface area (Å²) in [6, 6.07) is 13.3. The second-order valence-corrected chi connectivity index (χ2v) is 11.2. The number of hydrogen-bond donors (Lipinski definition) is 2. The second-order valence-electron chi connectivity index (χ2n) is 10.3. The lowest BCUT2D eigenvalue weighted by Gasteiger charge is -2.28. The molecule has 10 heteroatoms. The number of likely N-dealkylation sites (tertiary alicyclic amines) is 1. The van der Waals surface area contributed by atoms with Gasteiger partial charge in [0.05, 0.1) is 38.1 Å². The molecule has 208 valence electrons. The Morgan fingerprint density at radius 2 is 1.82 bits per heavy atom. The normalized spacial score (nSPS) is 19.2. The number of anilines is 1. The molecular weight excluding hydrogens is 516 g/mol. The summed E-state index contributed by atoms with van der Waals surface area (Å²) in [6.45, 7) is 2.10. The van der Waals surface area contributed by atoms with Crippen molar-refractivity contribution >= 4 is 34.3 Å². The first-order chi connectivity index (χ1) is 19.0. The fourth-order valence-electron chi connectivity index (χ4n) is 5.14. The molecule has 39 heavy (non-hydrogen) atoms. The van der Waals surface area contributed by atoms with Gasteiger partial charge in [0, 0.05) is 30.1 Å². The number of methoxy groups -OCH3 is 1. The van der Waals surface area contributed by atoms with E-state index in [2.05, 4.69) is 15.3 Å². The standard InChI is InChI=1S/C29H36N4O5S/c1-37-26-11-8-21(16-27(26)38-24-4-2-3-5-24)25-19-39-29(36)33(31-25)17-20-6-9-22(10-7-20)30-28(35)18-32-14-12-23(34)13-15-32/h6-11,16,23-24,34H,2-5,12-15,17-19H2,1H3,(H,30,35). The van der Waals surface area contributed by atoms with Gasteiger partial charge in [0.1, 0.15) is 0 Å². The third-order valence-corrected chi connectivity index (χ3v) is 8.25. The lowest BCUT2D eigenvalue weighted by atomic mass is 10.1. The molecule has 0 unspecified atom stereocenters. The molecule has 0 spiro atoms. The molecule has 2 aromatic carbocycles. The van der Waals surface area contributed by atoms with Crippen LogP contribution in [0.15, 0.2) is 47.6 Å². The number of carbonyl (C=O) groups excluding carboxylic acids is 2. The van der Waals surface area contributed by atoms with Crippen molar-refractivity contribution in [2.75, 3.05) is 37.8 Å². The summed E-state index contributed by atoms with van der Waals surface area (Å²) in [4.78, 5) is 27.1. The molecule has 0 aromatic heterocycles. The zero-order chi connectivity index (χ0) is 27.2. The van der Waals surface area contributed by atoms with Crippen LogP contribution < -0.4 is 14.8 Å². The maximum absolute atomic E-state index is 12.7. The molecule has 2 aromatic rings. The van der Waals surface area contributed by atoms with E-state index in [1.165, 1.54) is 29.6 Å². The van der Waals surface area contributed by atoms with Gasteiger partial charge in [-0.25, -0.2) is 5.01 Å². The Morgan fingerprint density at radius 3 is 2.54 bits per heavy atom. The maximum atomic E-state index is 12.7. The molecule has 2 amide bonds. The van der Waals surface area contributed by atoms with Crippen LogP contribution in [0.4, 0.5) is 10.5 Å². The number of ether oxygens (including phenoxy) is 2. The van der Waals surface area contributed by atoms with Gasteiger partial charge >= 0.3 is 5.24 Å². The molecule has 2 N–H and O–H groups in total. The van der Waals surface area contributed by atoms with Gasteiger partial charge in [-0.15, -0.1) is 0 Å². The summed E-state index contributed by atoms with van der Waals surface area (Å²) in [5.41, 5.74) is 3.34. The number of piperidine rings is 1. The molecule has 1 saturated carbocycles. The van der Waals surface area contributed by atoms with Crippen LogP contribution in [0.2, 0.25) is 0 Å². The van der Waals surface area contributed by atoms with Crippen molar-refractivity contribution < 1.29 is 24.2 Å². The van der Waals surface area contributed by atoms with E-state index in [9.17, 15) is 14.7 Å². The van der Waals surface area contributed by atoms with Crippen LogP contribution in [-0.4, -0.2) is 76.6 Å². The zero-order valence-electron chi connectivity index (χ0n) is 22.3. The zero-order valence-corrected chi connectivity index (χ0v) is 23.1. The number of hydrogen-bond acceptors (Lipinski definition) is 8. The summed E-state index contributed by atoms with van der Waals surface area (Å²) < 4.78 is 11.8. The van der Waals surface area contributed by atoms with Gasteiger partial charge < -0.3 is 19.9 Å². The third-order valence-electron chi connectivity index (χ3n) is 7.37. The fourth-order valence-corrected chi connectivity index (χ4v) is 5.88. The van der Waals surface area contributed by atoms with Crippen LogP contribution in [0.25, 0.3) is 0 Å². The van der Waals surface area contributed by atoms with Crippen molar-refractivity contribution in [2.45, 2.75) is 57.3 Å². The van der Waals surface area contributed by atoms with E-state index in [4.69, 9.17) is 9.47 Å². The first kappa shape index (κ1) is 27.5. The first-order valence-electron chi connectivity index (χ1n) is 13.6. The van der Waals surface area contributed by atoms with E-state index in [1.54, 1.807) is 7.11 Å². The van der Waals surface area contributed by atoms with Crippen molar-refractivity contribution in [1.29, 1.82) is 0 Å². The van der Waals surface area contributed by atoms with Crippen LogP contribution in [0, 0.1) is 0 Å². The van der Waals surface area contributed by atoms with Gasteiger partial charge in [0.15, 0.2) is 11.5 Å². The minimum absolute atomic E-state index is 0.0771. The number of amides is 2. The lowest BCUT2D eigenvalue weighted by molar-refractivity contribution is -0.117. The summed E-state index contributed by atoms with van der Waals surface area (Å²) in [5.74, 6) is 1.83. The molecule has 0 bridgehead atoms. The van der Waals surface area contributed by atoms with Crippen LogP contribution in [0.3, 0.4) is 0 Å². The molecule has 2 aliphatic heterocycles. The largest absolute Gasteiger partial charge is 0.493 e. The van der Waals surface area contributed by atoms with Crippen molar-refractivity contribution in [3.63, 3.8) is 0 Å². The number of benzene rings is 2. The summed E-state index contributed by atoms with van der Waals surface area (Å²) in [7, 11) is 1.64. The summed E-state index contributed by atoms with van der Waals surface area (Å²) in [5, 5.41) is 18.6. The van der Waals surface area contributed by atoms with Gasteiger partial charge in [0.2, 0.25) is 5.91 Å². The molecule has 1 aliphatic carbocycles. The summed E-state index contributed by atoms with van der Waals surface area (Å²) in [6.07, 6.45) is 5.83. The van der Waals surface area contributed by atoms with Gasteiger partial charge in [-0.3, -0.25) is 14.5 Å². The number of hydrazone groups is 1. The van der Waals surface area contributed by atoms with Gasteiger partial charge in [0.25, 0.3) is 0 Å². The van der Waals surface area contributed by atoms with Crippen molar-refractivity contribution in [3.8, 4) is 11.5 Å². The Hall–Kier alpha value is -3.08. The van der Waals surface area contributed by atoms with Crippen LogP contribution in [-0.2, 0) is 11.3 Å². The number of rotatable bonds is 9. The predicted octanol–water partition coefficient (Wildman–Crippen LogP) is 4.48. The molecule has 1 saturated heterocycles. The lowest BCUT2D eigenvalue weighted by Crippen LogP contribution is -2.40. The predicted molar refractivity (Wildman–Crippen MR) is 153 cm³/mol. The minimum Gasteiger partial charge on any atom is -0.493 e. The molecule has 2 fully saturated rings. The third kappa shape index (κ3) is 7.32. The number of thioether (sulfide) groups is 1. The average Bonchev–Trinajstić information content (AvgIpc) is 3.45. The maximum Gasteiger partial charge on any atom is 0.302 e. The Balaban J connectivity index is 1.21. The highest BCUT2D eigenvalue weighted by atomic mass is 32.2. The number of nitrogens with one attached hydrogen (secondary N) is 1. The van der Waals surface area contributed by atoms with Crippen molar-refractivity contribution in [3.05, 3.63) is 53.6 Å². The quantitative estimate of drug-likeness (QED) is 0.473. The van der Waals surface area contributed by atoms with E-state index in [0.29, 0.717) is 48.9 Å². The van der Waals surface area contributed by atoms with Crippen LogP contribution in [0.1, 0.15) is 49.7 Å². The Morgan fingerprint density at radius 1 is 1.08 bits per heavy atom. The van der Waals surface area contributed by atoms with Crippen molar-refractivity contribution in [1.82, 2.24) is 9.91 Å². The molecule has 2 heterocycles. The topological polar surface area (TPSA) is 104 Å². The van der Waals surface area contributed by atoms with E-state index >= 15 is 0 Å². The number of aliphatic hydroxyl groups is 1.